The van der Waals surface area contributed by atoms with Gasteiger partial charge in [-0.2, -0.15) is 4.31 Å². The van der Waals surface area contributed by atoms with Gasteiger partial charge < -0.3 is 14.9 Å². The second-order valence-electron chi connectivity index (χ2n) is 5.95. The predicted molar refractivity (Wildman–Crippen MR) is 84.7 cm³/mol. The molecule has 7 nitrogen and oxygen atoms in total. The first-order chi connectivity index (χ1) is 10.8. The lowest BCUT2D eigenvalue weighted by atomic mass is 9.93. The molecule has 0 amide bonds. The van der Waals surface area contributed by atoms with Crippen LogP contribution in [0.25, 0.3) is 0 Å². The number of carbonyl (C=O) groups is 1. The summed E-state index contributed by atoms with van der Waals surface area (Å²) in [5.74, 6) is -0.120. The van der Waals surface area contributed by atoms with E-state index in [9.17, 15) is 13.2 Å². The molecule has 1 aromatic rings. The van der Waals surface area contributed by atoms with Crippen LogP contribution in [-0.4, -0.2) is 44.9 Å². The number of esters is 1. The maximum absolute atomic E-state index is 13.2. The van der Waals surface area contributed by atoms with E-state index in [-0.39, 0.29) is 40.5 Å². The zero-order valence-electron chi connectivity index (χ0n) is 14.0. The molecule has 0 radical (unpaired) electrons. The number of piperidine rings is 1. The van der Waals surface area contributed by atoms with Gasteiger partial charge in [0.1, 0.15) is 22.0 Å². The van der Waals surface area contributed by atoms with Gasteiger partial charge in [-0.15, -0.1) is 0 Å². The fourth-order valence-corrected chi connectivity index (χ4v) is 5.43. The monoisotopic (exact) mass is 344 g/mol. The Kier molecular flexibility index (Phi) is 5.17. The van der Waals surface area contributed by atoms with Crippen molar-refractivity contribution in [3.8, 4) is 0 Å². The van der Waals surface area contributed by atoms with Gasteiger partial charge in [-0.3, -0.25) is 0 Å². The summed E-state index contributed by atoms with van der Waals surface area (Å²) in [5.41, 5.74) is 5.78. The van der Waals surface area contributed by atoms with E-state index in [1.54, 1.807) is 6.92 Å². The molecular weight excluding hydrogens is 320 g/mol. The maximum atomic E-state index is 13.2. The van der Waals surface area contributed by atoms with E-state index in [1.807, 2.05) is 6.92 Å². The summed E-state index contributed by atoms with van der Waals surface area (Å²) >= 11 is 0. The van der Waals surface area contributed by atoms with E-state index in [2.05, 4.69) is 0 Å². The van der Waals surface area contributed by atoms with Gasteiger partial charge in [0.05, 0.1) is 7.11 Å². The van der Waals surface area contributed by atoms with Crippen molar-refractivity contribution in [2.24, 2.45) is 11.7 Å². The number of furan rings is 1. The summed E-state index contributed by atoms with van der Waals surface area (Å²) in [4.78, 5) is 11.9. The number of sulfonamides is 1. The Morgan fingerprint density at radius 1 is 1.39 bits per heavy atom. The molecule has 1 fully saturated rings. The molecule has 1 aliphatic rings. The summed E-state index contributed by atoms with van der Waals surface area (Å²) in [6.07, 6.45) is 1.70. The van der Waals surface area contributed by atoms with E-state index in [0.717, 1.165) is 12.8 Å². The number of ether oxygens (including phenoxy) is 1. The lowest BCUT2D eigenvalue weighted by Gasteiger charge is -2.38. The molecule has 0 spiro atoms. The Labute approximate surface area is 136 Å². The normalized spacial score (nSPS) is 23.0. The van der Waals surface area contributed by atoms with Crippen molar-refractivity contribution in [1.82, 2.24) is 4.31 Å². The molecule has 0 aromatic carbocycles. The van der Waals surface area contributed by atoms with E-state index < -0.39 is 16.0 Å². The third kappa shape index (κ3) is 3.02. The molecule has 23 heavy (non-hydrogen) atoms. The number of carbonyl (C=O) groups excluding carboxylic acids is 1. The lowest BCUT2D eigenvalue weighted by molar-refractivity contribution is 0.0594. The fourth-order valence-electron chi connectivity index (χ4n) is 3.29. The Bertz CT molecular complexity index is 695. The van der Waals surface area contributed by atoms with Crippen LogP contribution in [0.15, 0.2) is 9.31 Å². The van der Waals surface area contributed by atoms with Crippen LogP contribution < -0.4 is 5.73 Å². The van der Waals surface area contributed by atoms with Gasteiger partial charge in [0.25, 0.3) is 0 Å². The smallest absolute Gasteiger partial charge is 0.342 e. The second kappa shape index (κ2) is 6.62. The van der Waals surface area contributed by atoms with Crippen LogP contribution in [0.4, 0.5) is 0 Å². The van der Waals surface area contributed by atoms with Gasteiger partial charge >= 0.3 is 5.97 Å². The summed E-state index contributed by atoms with van der Waals surface area (Å²) in [7, 11) is -2.68. The highest BCUT2D eigenvalue weighted by molar-refractivity contribution is 7.89. The highest BCUT2D eigenvalue weighted by Crippen LogP contribution is 2.34. The first kappa shape index (κ1) is 18.0. The van der Waals surface area contributed by atoms with Gasteiger partial charge in [-0.25, -0.2) is 13.2 Å². The van der Waals surface area contributed by atoms with E-state index >= 15 is 0 Å². The Hall–Kier alpha value is -1.38. The van der Waals surface area contributed by atoms with Crippen LogP contribution in [-0.2, 0) is 14.8 Å². The topological polar surface area (TPSA) is 103 Å². The first-order valence-corrected chi connectivity index (χ1v) is 9.09. The molecule has 8 heteroatoms. The second-order valence-corrected chi connectivity index (χ2v) is 7.78. The molecule has 1 saturated heterocycles. The summed E-state index contributed by atoms with van der Waals surface area (Å²) in [6.45, 7) is 5.71. The molecule has 2 heterocycles. The van der Waals surface area contributed by atoms with Crippen molar-refractivity contribution >= 4 is 16.0 Å². The molecule has 0 aliphatic carbocycles. The van der Waals surface area contributed by atoms with Gasteiger partial charge in [0.15, 0.2) is 0 Å². The molecule has 1 aromatic heterocycles. The number of nitrogens with two attached hydrogens (primary N) is 1. The number of nitrogens with zero attached hydrogens (tertiary/aromatic N) is 1. The highest BCUT2D eigenvalue weighted by atomic mass is 32.2. The van der Waals surface area contributed by atoms with Gasteiger partial charge in [-0.1, -0.05) is 6.92 Å². The molecule has 2 unspecified atom stereocenters. The average molecular weight is 344 g/mol. The number of rotatable bonds is 4. The van der Waals surface area contributed by atoms with Crippen molar-refractivity contribution in [2.45, 2.75) is 44.6 Å². The van der Waals surface area contributed by atoms with Gasteiger partial charge in [0, 0.05) is 19.1 Å². The highest BCUT2D eigenvalue weighted by Gasteiger charge is 2.41. The average Bonchev–Trinajstić information content (AvgIpc) is 2.81. The molecule has 2 N–H and O–H groups in total. The van der Waals surface area contributed by atoms with Crippen molar-refractivity contribution < 1.29 is 22.4 Å². The zero-order valence-corrected chi connectivity index (χ0v) is 14.8. The minimum Gasteiger partial charge on any atom is -0.465 e. The summed E-state index contributed by atoms with van der Waals surface area (Å²) in [6, 6.07) is -0.283. The van der Waals surface area contributed by atoms with Crippen molar-refractivity contribution in [2.75, 3.05) is 20.2 Å². The van der Waals surface area contributed by atoms with Gasteiger partial charge in [-0.05, 0) is 32.6 Å². The standard InChI is InChI=1S/C15H24N2O5S/c1-9-6-5-7-17(12(9)8-16)23(19,20)14-11(3)22-10(2)13(14)15(18)21-4/h9,12H,5-8,16H2,1-4H3. The number of hydrogen-bond donors (Lipinski definition) is 1. The van der Waals surface area contributed by atoms with Crippen LogP contribution in [0.1, 0.15) is 41.6 Å². The Morgan fingerprint density at radius 2 is 2.04 bits per heavy atom. The van der Waals surface area contributed by atoms with E-state index in [0.29, 0.717) is 6.54 Å². The Morgan fingerprint density at radius 3 is 2.61 bits per heavy atom. The molecule has 1 aliphatic heterocycles. The number of hydrogen-bond acceptors (Lipinski definition) is 6. The molecular formula is C15H24N2O5S. The fraction of sp³-hybridized carbons (Fsp3) is 0.667. The van der Waals surface area contributed by atoms with Crippen molar-refractivity contribution in [1.29, 1.82) is 0 Å². The quantitative estimate of drug-likeness (QED) is 0.829. The van der Waals surface area contributed by atoms with E-state index in [4.69, 9.17) is 14.9 Å². The minimum atomic E-state index is -3.89. The molecule has 130 valence electrons. The van der Waals surface area contributed by atoms with Crippen LogP contribution in [0.5, 0.6) is 0 Å². The predicted octanol–water partition coefficient (Wildman–Crippen LogP) is 1.43. The largest absolute Gasteiger partial charge is 0.465 e. The van der Waals surface area contributed by atoms with Crippen LogP contribution in [0, 0.1) is 19.8 Å². The zero-order chi connectivity index (χ0) is 17.4. The molecule has 2 atom stereocenters. The molecule has 2 rings (SSSR count). The van der Waals surface area contributed by atoms with Crippen molar-refractivity contribution in [3.63, 3.8) is 0 Å². The lowest BCUT2D eigenvalue weighted by Crippen LogP contribution is -2.51. The molecule has 0 bridgehead atoms. The van der Waals surface area contributed by atoms with Crippen LogP contribution >= 0.6 is 0 Å². The third-order valence-corrected chi connectivity index (χ3v) is 6.55. The minimum absolute atomic E-state index is 0.0287. The summed E-state index contributed by atoms with van der Waals surface area (Å²) in [5, 5.41) is 0. The molecule has 0 saturated carbocycles. The van der Waals surface area contributed by atoms with E-state index in [1.165, 1.54) is 18.3 Å². The maximum Gasteiger partial charge on any atom is 0.342 e. The first-order valence-electron chi connectivity index (χ1n) is 7.65. The van der Waals surface area contributed by atoms with Crippen LogP contribution in [0.2, 0.25) is 0 Å². The van der Waals surface area contributed by atoms with Gasteiger partial charge in [0.2, 0.25) is 10.0 Å². The van der Waals surface area contributed by atoms with Crippen LogP contribution in [0.3, 0.4) is 0 Å². The number of methoxy groups -OCH3 is 1. The SMILES string of the molecule is COC(=O)c1c(C)oc(C)c1S(=O)(=O)N1CCCC(C)C1CN. The Balaban J connectivity index is 2.58. The third-order valence-electron chi connectivity index (χ3n) is 4.47. The number of aryl methyl sites for hydroxylation is 2. The summed E-state index contributed by atoms with van der Waals surface area (Å²) < 4.78 is 37.9. The van der Waals surface area contributed by atoms with Crippen molar-refractivity contribution in [3.05, 3.63) is 17.1 Å².